The summed E-state index contributed by atoms with van der Waals surface area (Å²) in [6, 6.07) is 17.8. The molecule has 3 aromatic rings. The van der Waals surface area contributed by atoms with Crippen LogP contribution in [0, 0.1) is 0 Å². The number of hydrogen-bond donors (Lipinski definition) is 1. The minimum absolute atomic E-state index is 0.455. The average molecular weight is 420 g/mol. The van der Waals surface area contributed by atoms with Crippen molar-refractivity contribution in [3.8, 4) is 5.75 Å². The SMILES string of the molecule is CC1(c2ccc(OCCCN3CCCCC3)cc2)NN=C(c2cc3ccccc3o2)O1. The molecule has 2 aliphatic rings. The average Bonchev–Trinajstić information content (AvgIpc) is 3.42. The molecule has 1 unspecified atom stereocenters. The molecular weight excluding hydrogens is 390 g/mol. The molecule has 0 amide bonds. The number of nitrogens with one attached hydrogen (secondary N) is 1. The molecule has 0 radical (unpaired) electrons. The van der Waals surface area contributed by atoms with Gasteiger partial charge < -0.3 is 18.8 Å². The second-order valence-corrected chi connectivity index (χ2v) is 8.44. The number of furan rings is 1. The highest BCUT2D eigenvalue weighted by atomic mass is 16.6. The number of ether oxygens (including phenoxy) is 2. The van der Waals surface area contributed by atoms with Crippen molar-refractivity contribution in [3.05, 3.63) is 65.9 Å². The first-order chi connectivity index (χ1) is 15.2. The van der Waals surface area contributed by atoms with Crippen LogP contribution in [0.15, 0.2) is 64.1 Å². The fraction of sp³-hybridized carbons (Fsp3) is 0.400. The van der Waals surface area contributed by atoms with Gasteiger partial charge in [0.15, 0.2) is 5.76 Å². The fourth-order valence-electron chi connectivity index (χ4n) is 4.24. The first-order valence-electron chi connectivity index (χ1n) is 11.2. The third-order valence-corrected chi connectivity index (χ3v) is 6.05. The first-order valence-corrected chi connectivity index (χ1v) is 11.2. The Balaban J connectivity index is 1.16. The molecule has 0 saturated carbocycles. The summed E-state index contributed by atoms with van der Waals surface area (Å²) in [4.78, 5) is 2.54. The van der Waals surface area contributed by atoms with Crippen molar-refractivity contribution in [1.82, 2.24) is 10.3 Å². The zero-order chi connectivity index (χ0) is 21.1. The third kappa shape index (κ3) is 4.39. The Hall–Kier alpha value is -2.99. The number of fused-ring (bicyclic) bond motifs is 1. The van der Waals surface area contributed by atoms with Crippen LogP contribution in [0.25, 0.3) is 11.0 Å². The highest BCUT2D eigenvalue weighted by molar-refractivity contribution is 5.96. The molecule has 0 spiro atoms. The Morgan fingerprint density at radius 2 is 1.87 bits per heavy atom. The molecule has 1 aromatic heterocycles. The van der Waals surface area contributed by atoms with E-state index in [4.69, 9.17) is 13.9 Å². The van der Waals surface area contributed by atoms with Crippen LogP contribution in [0.2, 0.25) is 0 Å². The summed E-state index contributed by atoms with van der Waals surface area (Å²) in [6.07, 6.45) is 5.10. The molecule has 5 rings (SSSR count). The number of hydrogen-bond acceptors (Lipinski definition) is 6. The van der Waals surface area contributed by atoms with Gasteiger partial charge in [0.25, 0.3) is 5.90 Å². The van der Waals surface area contributed by atoms with Gasteiger partial charge in [-0.2, -0.15) is 0 Å². The predicted molar refractivity (Wildman–Crippen MR) is 121 cm³/mol. The number of likely N-dealkylation sites (tertiary alicyclic amines) is 1. The van der Waals surface area contributed by atoms with E-state index < -0.39 is 5.72 Å². The van der Waals surface area contributed by atoms with Crippen LogP contribution in [-0.2, 0) is 10.5 Å². The van der Waals surface area contributed by atoms with Crippen molar-refractivity contribution >= 4 is 16.9 Å². The number of benzene rings is 2. The Morgan fingerprint density at radius 3 is 2.68 bits per heavy atom. The van der Waals surface area contributed by atoms with Gasteiger partial charge >= 0.3 is 0 Å². The van der Waals surface area contributed by atoms with Gasteiger partial charge in [0.05, 0.1) is 6.61 Å². The van der Waals surface area contributed by atoms with E-state index in [2.05, 4.69) is 15.4 Å². The van der Waals surface area contributed by atoms with Crippen molar-refractivity contribution < 1.29 is 13.9 Å². The summed E-state index contributed by atoms with van der Waals surface area (Å²) in [5, 5.41) is 5.40. The summed E-state index contributed by atoms with van der Waals surface area (Å²) in [5.74, 6) is 1.95. The number of hydrazone groups is 1. The van der Waals surface area contributed by atoms with E-state index in [0.29, 0.717) is 11.7 Å². The number of para-hydroxylation sites is 1. The molecule has 1 fully saturated rings. The van der Waals surface area contributed by atoms with E-state index >= 15 is 0 Å². The zero-order valence-corrected chi connectivity index (χ0v) is 18.0. The normalized spacial score (nSPS) is 21.5. The van der Waals surface area contributed by atoms with Crippen LogP contribution >= 0.6 is 0 Å². The van der Waals surface area contributed by atoms with Gasteiger partial charge in [-0.15, -0.1) is 5.10 Å². The maximum Gasteiger partial charge on any atom is 0.277 e. The monoisotopic (exact) mass is 419 g/mol. The van der Waals surface area contributed by atoms with E-state index in [0.717, 1.165) is 41.9 Å². The van der Waals surface area contributed by atoms with Crippen LogP contribution in [0.5, 0.6) is 5.75 Å². The van der Waals surface area contributed by atoms with Crippen molar-refractivity contribution in [2.24, 2.45) is 5.10 Å². The van der Waals surface area contributed by atoms with Gasteiger partial charge in [-0.05, 0) is 68.8 Å². The lowest BCUT2D eigenvalue weighted by atomic mass is 10.1. The summed E-state index contributed by atoms with van der Waals surface area (Å²) in [7, 11) is 0. The molecule has 2 aromatic carbocycles. The molecular formula is C25H29N3O3. The minimum atomic E-state index is -0.749. The summed E-state index contributed by atoms with van der Waals surface area (Å²) < 4.78 is 18.0. The van der Waals surface area contributed by atoms with E-state index in [1.165, 1.54) is 32.4 Å². The molecule has 6 heteroatoms. The summed E-state index contributed by atoms with van der Waals surface area (Å²) in [5.41, 5.74) is 4.15. The zero-order valence-electron chi connectivity index (χ0n) is 18.0. The molecule has 1 saturated heterocycles. The van der Waals surface area contributed by atoms with Gasteiger partial charge in [0.1, 0.15) is 11.3 Å². The highest BCUT2D eigenvalue weighted by Crippen LogP contribution is 2.31. The van der Waals surface area contributed by atoms with Gasteiger partial charge in [-0.25, -0.2) is 0 Å². The van der Waals surface area contributed by atoms with Crippen molar-refractivity contribution in [1.29, 1.82) is 0 Å². The van der Waals surface area contributed by atoms with Crippen LogP contribution < -0.4 is 10.2 Å². The van der Waals surface area contributed by atoms with Crippen LogP contribution in [0.1, 0.15) is 43.9 Å². The molecule has 1 atom stereocenters. The maximum atomic E-state index is 6.15. The summed E-state index contributed by atoms with van der Waals surface area (Å²) in [6.45, 7) is 6.29. The predicted octanol–water partition coefficient (Wildman–Crippen LogP) is 4.84. The van der Waals surface area contributed by atoms with Gasteiger partial charge in [0.2, 0.25) is 5.72 Å². The lowest BCUT2D eigenvalue weighted by molar-refractivity contribution is 0.0656. The molecule has 162 valence electrons. The van der Waals surface area contributed by atoms with E-state index in [1.54, 1.807) is 0 Å². The van der Waals surface area contributed by atoms with E-state index in [-0.39, 0.29) is 0 Å². The Bertz CT molecular complexity index is 1020. The third-order valence-electron chi connectivity index (χ3n) is 6.05. The number of rotatable bonds is 7. The molecule has 6 nitrogen and oxygen atoms in total. The van der Waals surface area contributed by atoms with Crippen LogP contribution in [0.3, 0.4) is 0 Å². The van der Waals surface area contributed by atoms with Crippen molar-refractivity contribution in [2.75, 3.05) is 26.2 Å². The molecule has 3 heterocycles. The quantitative estimate of drug-likeness (QED) is 0.555. The Kier molecular flexibility index (Phi) is 5.55. The van der Waals surface area contributed by atoms with Crippen LogP contribution in [0.4, 0.5) is 0 Å². The second kappa shape index (κ2) is 8.63. The minimum Gasteiger partial charge on any atom is -0.494 e. The van der Waals surface area contributed by atoms with Crippen LogP contribution in [-0.4, -0.2) is 37.0 Å². The van der Waals surface area contributed by atoms with Gasteiger partial charge in [-0.3, -0.25) is 5.43 Å². The highest BCUT2D eigenvalue weighted by Gasteiger charge is 2.36. The van der Waals surface area contributed by atoms with Crippen molar-refractivity contribution in [2.45, 2.75) is 38.3 Å². The van der Waals surface area contributed by atoms with Crippen molar-refractivity contribution in [3.63, 3.8) is 0 Å². The Morgan fingerprint density at radius 1 is 1.06 bits per heavy atom. The Labute approximate surface area is 182 Å². The van der Waals surface area contributed by atoms with E-state index in [9.17, 15) is 0 Å². The van der Waals surface area contributed by atoms with Gasteiger partial charge in [0, 0.05) is 24.4 Å². The second-order valence-electron chi connectivity index (χ2n) is 8.44. The maximum absolute atomic E-state index is 6.15. The number of nitrogens with zero attached hydrogens (tertiary/aromatic N) is 2. The lowest BCUT2D eigenvalue weighted by Gasteiger charge is -2.26. The van der Waals surface area contributed by atoms with Gasteiger partial charge in [-0.1, -0.05) is 24.6 Å². The summed E-state index contributed by atoms with van der Waals surface area (Å²) >= 11 is 0. The first kappa shape index (κ1) is 19.9. The smallest absolute Gasteiger partial charge is 0.277 e. The lowest BCUT2D eigenvalue weighted by Crippen LogP contribution is -2.34. The van der Waals surface area contributed by atoms with E-state index in [1.807, 2.05) is 61.5 Å². The molecule has 0 bridgehead atoms. The molecule has 31 heavy (non-hydrogen) atoms. The number of piperidine rings is 1. The molecule has 2 aliphatic heterocycles. The topological polar surface area (TPSA) is 59.2 Å². The standard InChI is InChI=1S/C25H29N3O3/c1-25(27-26-24(31-25)23-18-19-8-3-4-9-22(19)30-23)20-10-12-21(13-11-20)29-17-7-16-28-14-5-2-6-15-28/h3-4,8-13,18,27H,2,5-7,14-17H2,1H3. The fourth-order valence-corrected chi connectivity index (χ4v) is 4.24. The molecule has 0 aliphatic carbocycles. The largest absolute Gasteiger partial charge is 0.494 e. The molecule has 1 N–H and O–H groups in total.